The first-order valence-electron chi connectivity index (χ1n) is 7.76. The van der Waals surface area contributed by atoms with Crippen LogP contribution in [0.4, 0.5) is 0 Å². The van der Waals surface area contributed by atoms with Gasteiger partial charge < -0.3 is 9.47 Å². The van der Waals surface area contributed by atoms with Crippen molar-refractivity contribution in [3.05, 3.63) is 88.1 Å². The molecular weight excluding hydrogens is 318 g/mol. The summed E-state index contributed by atoms with van der Waals surface area (Å²) in [5, 5.41) is 12.6. The van der Waals surface area contributed by atoms with Gasteiger partial charge in [-0.3, -0.25) is 10.1 Å². The van der Waals surface area contributed by atoms with Crippen LogP contribution in [0.3, 0.4) is 0 Å². The van der Waals surface area contributed by atoms with E-state index in [0.717, 1.165) is 22.5 Å². The van der Waals surface area contributed by atoms with Gasteiger partial charge in [0.25, 0.3) is 0 Å². The lowest BCUT2D eigenvalue weighted by Crippen LogP contribution is -1.98. The van der Waals surface area contributed by atoms with Gasteiger partial charge in [0.05, 0.1) is 12.0 Å². The normalized spacial score (nSPS) is 10.9. The number of nitro groups is 1. The van der Waals surface area contributed by atoms with Crippen LogP contribution in [0, 0.1) is 10.1 Å². The van der Waals surface area contributed by atoms with Crippen LogP contribution in [0.5, 0.6) is 11.5 Å². The molecule has 25 heavy (non-hydrogen) atoms. The predicted octanol–water partition coefficient (Wildman–Crippen LogP) is 4.67. The second-order valence-corrected chi connectivity index (χ2v) is 5.44. The third-order valence-corrected chi connectivity index (χ3v) is 3.83. The van der Waals surface area contributed by atoms with E-state index in [1.807, 2.05) is 60.7 Å². The molecule has 126 valence electrons. The number of hydrogen-bond donors (Lipinski definition) is 0. The fraction of sp³-hybridized carbons (Fsp3) is 0.100. The lowest BCUT2D eigenvalue weighted by atomic mass is 10.0. The van der Waals surface area contributed by atoms with Crippen LogP contribution in [0.1, 0.15) is 11.1 Å². The van der Waals surface area contributed by atoms with Crippen molar-refractivity contribution in [2.24, 2.45) is 0 Å². The molecule has 5 heteroatoms. The van der Waals surface area contributed by atoms with E-state index in [1.54, 1.807) is 7.11 Å². The van der Waals surface area contributed by atoms with Gasteiger partial charge in [-0.25, -0.2) is 0 Å². The van der Waals surface area contributed by atoms with Gasteiger partial charge in [0.15, 0.2) is 0 Å². The molecule has 0 radical (unpaired) electrons. The first kappa shape index (κ1) is 16.5. The van der Waals surface area contributed by atoms with Crippen molar-refractivity contribution in [3.8, 4) is 11.5 Å². The quantitative estimate of drug-likeness (QED) is 0.485. The van der Waals surface area contributed by atoms with E-state index in [-0.39, 0.29) is 0 Å². The van der Waals surface area contributed by atoms with Crippen LogP contribution in [0.15, 0.2) is 66.9 Å². The number of fused-ring (bicyclic) bond motifs is 1. The lowest BCUT2D eigenvalue weighted by molar-refractivity contribution is -0.400. The van der Waals surface area contributed by atoms with Crippen molar-refractivity contribution in [1.82, 2.24) is 0 Å². The predicted molar refractivity (Wildman–Crippen MR) is 97.3 cm³/mol. The monoisotopic (exact) mass is 335 g/mol. The summed E-state index contributed by atoms with van der Waals surface area (Å²) in [6.45, 7) is 0.385. The maximum Gasteiger partial charge on any atom is 0.235 e. The summed E-state index contributed by atoms with van der Waals surface area (Å²) in [6.07, 6.45) is 2.38. The molecule has 0 heterocycles. The maximum absolute atomic E-state index is 10.8. The largest absolute Gasteiger partial charge is 0.497 e. The number of ether oxygens (including phenoxy) is 2. The Morgan fingerprint density at radius 3 is 2.56 bits per heavy atom. The second kappa shape index (κ2) is 7.49. The highest BCUT2D eigenvalue weighted by Gasteiger charge is 2.09. The minimum Gasteiger partial charge on any atom is -0.497 e. The molecule has 0 aliphatic rings. The molecule has 0 fully saturated rings. The first-order chi connectivity index (χ1) is 12.2. The van der Waals surface area contributed by atoms with Crippen LogP contribution in [0.25, 0.3) is 16.8 Å². The Balaban J connectivity index is 2.03. The van der Waals surface area contributed by atoms with Gasteiger partial charge in [-0.2, -0.15) is 0 Å². The lowest BCUT2D eigenvalue weighted by Gasteiger charge is -2.12. The molecule has 0 unspecified atom stereocenters. The van der Waals surface area contributed by atoms with Crippen molar-refractivity contribution in [2.45, 2.75) is 6.61 Å². The van der Waals surface area contributed by atoms with Crippen LogP contribution < -0.4 is 9.47 Å². The molecule has 0 aliphatic heterocycles. The van der Waals surface area contributed by atoms with E-state index >= 15 is 0 Å². The van der Waals surface area contributed by atoms with Crippen molar-refractivity contribution in [3.63, 3.8) is 0 Å². The second-order valence-electron chi connectivity index (χ2n) is 5.44. The van der Waals surface area contributed by atoms with Crippen molar-refractivity contribution in [1.29, 1.82) is 0 Å². The summed E-state index contributed by atoms with van der Waals surface area (Å²) in [6, 6.07) is 19.1. The Bertz CT molecular complexity index is 920. The molecule has 3 aromatic rings. The number of rotatable bonds is 6. The van der Waals surface area contributed by atoms with E-state index < -0.39 is 4.92 Å². The average molecular weight is 335 g/mol. The summed E-state index contributed by atoms with van der Waals surface area (Å²) in [5.74, 6) is 1.27. The zero-order valence-corrected chi connectivity index (χ0v) is 13.7. The Kier molecular flexibility index (Phi) is 4.95. The molecule has 0 aromatic heterocycles. The van der Waals surface area contributed by atoms with Crippen LogP contribution in [-0.4, -0.2) is 12.0 Å². The van der Waals surface area contributed by atoms with E-state index in [4.69, 9.17) is 9.47 Å². The molecule has 0 aliphatic carbocycles. The van der Waals surface area contributed by atoms with Crippen LogP contribution in [-0.2, 0) is 6.61 Å². The molecule has 0 saturated carbocycles. The Morgan fingerprint density at radius 1 is 1.08 bits per heavy atom. The Labute approximate surface area is 145 Å². The summed E-state index contributed by atoms with van der Waals surface area (Å²) < 4.78 is 11.2. The first-order valence-corrected chi connectivity index (χ1v) is 7.76. The fourth-order valence-electron chi connectivity index (χ4n) is 2.60. The molecule has 0 spiro atoms. The number of methoxy groups -OCH3 is 1. The van der Waals surface area contributed by atoms with E-state index in [0.29, 0.717) is 23.7 Å². The zero-order chi connectivity index (χ0) is 17.6. The highest BCUT2D eigenvalue weighted by atomic mass is 16.6. The summed E-state index contributed by atoms with van der Waals surface area (Å²) in [5.41, 5.74) is 1.68. The summed E-state index contributed by atoms with van der Waals surface area (Å²) in [7, 11) is 1.59. The topological polar surface area (TPSA) is 61.6 Å². The van der Waals surface area contributed by atoms with Gasteiger partial charge in [-0.15, -0.1) is 0 Å². The van der Waals surface area contributed by atoms with Gasteiger partial charge in [-0.1, -0.05) is 42.5 Å². The SMILES string of the molecule is COc1ccc2ccc(OCc3ccccc3)c(/C=C/[N+](=O)[O-])c2c1. The molecule has 0 amide bonds. The standard InChI is InChI=1S/C20H17NO4/c1-24-17-9-7-16-8-10-20(25-14-15-5-3-2-4-6-15)18(19(16)13-17)11-12-21(22)23/h2-13H,14H2,1H3/b12-11+. The molecule has 5 nitrogen and oxygen atoms in total. The fourth-order valence-corrected chi connectivity index (χ4v) is 2.60. The van der Waals surface area contributed by atoms with E-state index in [2.05, 4.69) is 0 Å². The van der Waals surface area contributed by atoms with Gasteiger partial charge in [0.1, 0.15) is 18.1 Å². The molecule has 3 aromatic carbocycles. The molecule has 3 rings (SSSR count). The molecule has 0 atom stereocenters. The van der Waals surface area contributed by atoms with Gasteiger partial charge in [-0.05, 0) is 34.5 Å². The van der Waals surface area contributed by atoms with Crippen molar-refractivity contribution >= 4 is 16.8 Å². The zero-order valence-electron chi connectivity index (χ0n) is 13.7. The van der Waals surface area contributed by atoms with Crippen molar-refractivity contribution in [2.75, 3.05) is 7.11 Å². The van der Waals surface area contributed by atoms with Crippen molar-refractivity contribution < 1.29 is 14.4 Å². The van der Waals surface area contributed by atoms with Gasteiger partial charge in [0.2, 0.25) is 6.20 Å². The minimum atomic E-state index is -0.486. The average Bonchev–Trinajstić information content (AvgIpc) is 2.65. The maximum atomic E-state index is 10.8. The Morgan fingerprint density at radius 2 is 1.84 bits per heavy atom. The molecule has 0 N–H and O–H groups in total. The van der Waals surface area contributed by atoms with Gasteiger partial charge >= 0.3 is 0 Å². The third kappa shape index (κ3) is 3.95. The van der Waals surface area contributed by atoms with E-state index in [1.165, 1.54) is 6.08 Å². The molecular formula is C20H17NO4. The van der Waals surface area contributed by atoms with Gasteiger partial charge in [0, 0.05) is 11.6 Å². The highest BCUT2D eigenvalue weighted by molar-refractivity contribution is 5.94. The Hall–Kier alpha value is -3.34. The number of hydrogen-bond acceptors (Lipinski definition) is 4. The number of benzene rings is 3. The smallest absolute Gasteiger partial charge is 0.235 e. The van der Waals surface area contributed by atoms with Crippen LogP contribution >= 0.6 is 0 Å². The third-order valence-electron chi connectivity index (χ3n) is 3.83. The summed E-state index contributed by atoms with van der Waals surface area (Å²) >= 11 is 0. The minimum absolute atomic E-state index is 0.385. The highest BCUT2D eigenvalue weighted by Crippen LogP contribution is 2.32. The van der Waals surface area contributed by atoms with E-state index in [9.17, 15) is 10.1 Å². The molecule has 0 bridgehead atoms. The van der Waals surface area contributed by atoms with Crippen LogP contribution in [0.2, 0.25) is 0 Å². The molecule has 0 saturated heterocycles. The number of nitrogens with zero attached hydrogens (tertiary/aromatic N) is 1. The summed E-state index contributed by atoms with van der Waals surface area (Å²) in [4.78, 5) is 10.3.